The second kappa shape index (κ2) is 9.76. The summed E-state index contributed by atoms with van der Waals surface area (Å²) in [6.07, 6.45) is -0.0344. The molecule has 0 radical (unpaired) electrons. The third-order valence-electron chi connectivity index (χ3n) is 5.87. The van der Waals surface area contributed by atoms with E-state index in [9.17, 15) is 20.4 Å². The molecule has 1 fully saturated rings. The molecule has 0 spiro atoms. The van der Waals surface area contributed by atoms with Crippen molar-refractivity contribution in [2.24, 2.45) is 0 Å². The number of aryl methyl sites for hydroxylation is 1. The number of piperidine rings is 1. The van der Waals surface area contributed by atoms with Crippen molar-refractivity contribution >= 4 is 5.69 Å². The lowest BCUT2D eigenvalue weighted by atomic mass is 9.93. The second-order valence-electron chi connectivity index (χ2n) is 8.30. The highest BCUT2D eigenvalue weighted by Crippen LogP contribution is 2.22. The lowest BCUT2D eigenvalue weighted by Gasteiger charge is -2.43. The maximum Gasteiger partial charge on any atom is 0.109 e. The summed E-state index contributed by atoms with van der Waals surface area (Å²) in [5, 5.41) is 51.0. The minimum absolute atomic E-state index is 0.189. The molecule has 0 amide bonds. The molecule has 0 saturated carbocycles. The number of aliphatic hydroxyl groups excluding tert-OH is 4. The normalized spacial score (nSPS) is 23.9. The highest BCUT2D eigenvalue weighted by molar-refractivity contribution is 5.53. The summed E-state index contributed by atoms with van der Waals surface area (Å²) in [6.45, 7) is 3.04. The van der Waals surface area contributed by atoms with E-state index in [0.29, 0.717) is 13.1 Å². The summed E-state index contributed by atoms with van der Waals surface area (Å²) >= 11 is 0. The fraction of sp³-hybridized carbons (Fsp3) is 0.391. The molecule has 2 aromatic carbocycles. The molecule has 1 aromatic heterocycles. The predicted octanol–water partition coefficient (Wildman–Crippen LogP) is 0.447. The van der Waals surface area contributed by atoms with Gasteiger partial charge in [0.25, 0.3) is 0 Å². The van der Waals surface area contributed by atoms with E-state index in [-0.39, 0.29) is 13.2 Å². The second-order valence-corrected chi connectivity index (χ2v) is 8.30. The monoisotopic (exact) mass is 439 g/mol. The van der Waals surface area contributed by atoms with Crippen LogP contribution in [0.1, 0.15) is 16.7 Å². The number of benzene rings is 2. The van der Waals surface area contributed by atoms with Gasteiger partial charge in [-0.25, -0.2) is 4.68 Å². The zero-order valence-electron chi connectivity index (χ0n) is 17.9. The Morgan fingerprint density at radius 2 is 1.78 bits per heavy atom. The van der Waals surface area contributed by atoms with E-state index in [0.717, 1.165) is 28.1 Å². The maximum absolute atomic E-state index is 10.1. The first-order valence-electron chi connectivity index (χ1n) is 10.6. The summed E-state index contributed by atoms with van der Waals surface area (Å²) in [5.74, 6) is 0. The molecule has 32 heavy (non-hydrogen) atoms. The first-order valence-corrected chi connectivity index (χ1v) is 10.6. The number of aromatic nitrogens is 3. The van der Waals surface area contributed by atoms with Crippen molar-refractivity contribution in [1.29, 1.82) is 0 Å². The van der Waals surface area contributed by atoms with Crippen LogP contribution in [0.4, 0.5) is 5.69 Å². The Hall–Kier alpha value is -2.82. The Bertz CT molecular complexity index is 1010. The van der Waals surface area contributed by atoms with Gasteiger partial charge in [-0.2, -0.15) is 0 Å². The number of nitrogens with one attached hydrogen (secondary N) is 1. The van der Waals surface area contributed by atoms with Crippen LogP contribution in [0.25, 0.3) is 5.69 Å². The zero-order chi connectivity index (χ0) is 22.7. The van der Waals surface area contributed by atoms with Gasteiger partial charge in [-0.15, -0.1) is 5.10 Å². The van der Waals surface area contributed by atoms with Gasteiger partial charge in [-0.05, 0) is 41.8 Å². The molecule has 1 saturated heterocycles. The maximum atomic E-state index is 10.1. The number of hydrogen-bond donors (Lipinski definition) is 5. The van der Waals surface area contributed by atoms with Crippen molar-refractivity contribution in [3.8, 4) is 5.69 Å². The molecule has 4 rings (SSSR count). The lowest BCUT2D eigenvalue weighted by molar-refractivity contribution is -0.147. The molecule has 170 valence electrons. The van der Waals surface area contributed by atoms with Crippen molar-refractivity contribution in [1.82, 2.24) is 19.9 Å². The van der Waals surface area contributed by atoms with Gasteiger partial charge in [0, 0.05) is 25.3 Å². The number of hydrogen-bond acceptors (Lipinski definition) is 8. The van der Waals surface area contributed by atoms with Crippen LogP contribution in [-0.4, -0.2) is 77.8 Å². The van der Waals surface area contributed by atoms with E-state index >= 15 is 0 Å². The first kappa shape index (κ1) is 22.4. The summed E-state index contributed by atoms with van der Waals surface area (Å²) in [7, 11) is 0. The van der Waals surface area contributed by atoms with E-state index < -0.39 is 24.4 Å². The largest absolute Gasteiger partial charge is 0.395 e. The van der Waals surface area contributed by atoms with Crippen molar-refractivity contribution in [2.75, 3.05) is 18.5 Å². The molecule has 1 aliphatic heterocycles. The van der Waals surface area contributed by atoms with Crippen LogP contribution < -0.4 is 5.32 Å². The van der Waals surface area contributed by atoms with Crippen LogP contribution in [0.3, 0.4) is 0 Å². The standard InChI is InChI=1S/C23H29N5O4/c1-15-8-18(10-19(9-15)28-7-6-25-26-28)24-11-16-2-4-17(5-3-16)12-27-13-21(30)23(32)22(31)20(27)14-29/h2-10,20-24,29-32H,11-14H2,1H3/t20-,21+,22-,23-/m1/s1. The van der Waals surface area contributed by atoms with Crippen LogP contribution in [0, 0.1) is 6.92 Å². The Balaban J connectivity index is 1.38. The number of nitrogens with zero attached hydrogens (tertiary/aromatic N) is 4. The molecule has 4 atom stereocenters. The van der Waals surface area contributed by atoms with E-state index in [2.05, 4.69) is 21.7 Å². The quantitative estimate of drug-likeness (QED) is 0.359. The average Bonchev–Trinajstić information content (AvgIpc) is 3.32. The van der Waals surface area contributed by atoms with Gasteiger partial charge >= 0.3 is 0 Å². The lowest BCUT2D eigenvalue weighted by Crippen LogP contribution is -2.62. The minimum Gasteiger partial charge on any atom is -0.395 e. The minimum atomic E-state index is -1.25. The Kier molecular flexibility index (Phi) is 6.83. The fourth-order valence-electron chi connectivity index (χ4n) is 4.10. The number of anilines is 1. The summed E-state index contributed by atoms with van der Waals surface area (Å²) in [6, 6.07) is 13.6. The molecule has 1 aliphatic rings. The van der Waals surface area contributed by atoms with Gasteiger partial charge < -0.3 is 25.7 Å². The van der Waals surface area contributed by atoms with Crippen LogP contribution in [0.2, 0.25) is 0 Å². The molecule has 0 unspecified atom stereocenters. The molecule has 9 nitrogen and oxygen atoms in total. The Labute approximate surface area is 186 Å². The van der Waals surface area contributed by atoms with Crippen LogP contribution in [0.15, 0.2) is 54.9 Å². The molecule has 0 aliphatic carbocycles. The van der Waals surface area contributed by atoms with Crippen molar-refractivity contribution in [3.05, 3.63) is 71.5 Å². The van der Waals surface area contributed by atoms with Crippen molar-refractivity contribution in [3.63, 3.8) is 0 Å². The Morgan fingerprint density at radius 1 is 1.03 bits per heavy atom. The molecule has 0 bridgehead atoms. The third kappa shape index (κ3) is 4.98. The fourth-order valence-corrected chi connectivity index (χ4v) is 4.10. The van der Waals surface area contributed by atoms with Crippen LogP contribution in [-0.2, 0) is 13.1 Å². The number of likely N-dealkylation sites (tertiary alicyclic amines) is 1. The zero-order valence-corrected chi connectivity index (χ0v) is 17.9. The number of aliphatic hydroxyl groups is 4. The van der Waals surface area contributed by atoms with Crippen molar-refractivity contribution < 1.29 is 20.4 Å². The van der Waals surface area contributed by atoms with Crippen LogP contribution >= 0.6 is 0 Å². The summed E-state index contributed by atoms with van der Waals surface area (Å²) in [5.41, 5.74) is 5.14. The van der Waals surface area contributed by atoms with E-state index in [4.69, 9.17) is 0 Å². The molecule has 3 aromatic rings. The SMILES string of the molecule is Cc1cc(NCc2ccc(CN3C[C@H](O)[C@@H](O)[C@H](O)[C@H]3CO)cc2)cc(-n2ccnn2)c1. The summed E-state index contributed by atoms with van der Waals surface area (Å²) < 4.78 is 1.72. The van der Waals surface area contributed by atoms with Gasteiger partial charge in [0.15, 0.2) is 0 Å². The molecule has 2 heterocycles. The van der Waals surface area contributed by atoms with Crippen molar-refractivity contribution in [2.45, 2.75) is 44.4 Å². The number of rotatable bonds is 7. The van der Waals surface area contributed by atoms with Gasteiger partial charge in [0.2, 0.25) is 0 Å². The van der Waals surface area contributed by atoms with Gasteiger partial charge in [0.1, 0.15) is 12.2 Å². The average molecular weight is 440 g/mol. The topological polar surface area (TPSA) is 127 Å². The third-order valence-corrected chi connectivity index (χ3v) is 5.87. The van der Waals surface area contributed by atoms with E-state index in [1.807, 2.05) is 43.3 Å². The van der Waals surface area contributed by atoms with Gasteiger partial charge in [-0.1, -0.05) is 29.5 Å². The predicted molar refractivity (Wildman–Crippen MR) is 119 cm³/mol. The highest BCUT2D eigenvalue weighted by atomic mass is 16.4. The number of β-amino-alcohol motifs (C(OH)–C–C–N with tert-alkyl or cyclic N) is 1. The van der Waals surface area contributed by atoms with E-state index in [1.54, 1.807) is 22.0 Å². The molecular weight excluding hydrogens is 410 g/mol. The Morgan fingerprint density at radius 3 is 2.47 bits per heavy atom. The van der Waals surface area contributed by atoms with Gasteiger partial charge in [-0.3, -0.25) is 4.90 Å². The molecule has 9 heteroatoms. The first-order chi connectivity index (χ1) is 15.4. The van der Waals surface area contributed by atoms with E-state index in [1.165, 1.54) is 0 Å². The van der Waals surface area contributed by atoms with Crippen LogP contribution in [0.5, 0.6) is 0 Å². The summed E-state index contributed by atoms with van der Waals surface area (Å²) in [4.78, 5) is 1.80. The van der Waals surface area contributed by atoms with Gasteiger partial charge in [0.05, 0.1) is 36.8 Å². The molecule has 5 N–H and O–H groups in total. The molecular formula is C23H29N5O4. The smallest absolute Gasteiger partial charge is 0.109 e. The highest BCUT2D eigenvalue weighted by Gasteiger charge is 2.40.